The first-order valence-corrected chi connectivity index (χ1v) is 4.67. The highest BCUT2D eigenvalue weighted by Gasteiger charge is 2.07. The molecular formula is C11H9F2N3. The zero-order valence-corrected chi connectivity index (χ0v) is 8.54. The van der Waals surface area contributed by atoms with Crippen molar-refractivity contribution >= 4 is 5.82 Å². The van der Waals surface area contributed by atoms with E-state index < -0.39 is 11.6 Å². The van der Waals surface area contributed by atoms with E-state index in [1.165, 1.54) is 12.1 Å². The molecule has 5 heteroatoms. The van der Waals surface area contributed by atoms with Crippen LogP contribution in [0.2, 0.25) is 0 Å². The largest absolute Gasteiger partial charge is 0.372 e. The Kier molecular flexibility index (Phi) is 2.76. The third-order valence-corrected chi connectivity index (χ3v) is 2.13. The number of benzene rings is 1. The number of nitrogens with one attached hydrogen (secondary N) is 1. The van der Waals surface area contributed by atoms with Gasteiger partial charge in [-0.3, -0.25) is 0 Å². The second kappa shape index (κ2) is 4.22. The van der Waals surface area contributed by atoms with Gasteiger partial charge in [0.05, 0.1) is 5.69 Å². The van der Waals surface area contributed by atoms with Crippen LogP contribution in [-0.2, 0) is 0 Å². The summed E-state index contributed by atoms with van der Waals surface area (Å²) in [6, 6.07) is 6.64. The lowest BCUT2D eigenvalue weighted by Crippen LogP contribution is -1.96. The fourth-order valence-corrected chi connectivity index (χ4v) is 1.31. The van der Waals surface area contributed by atoms with Crippen molar-refractivity contribution in [3.8, 4) is 11.3 Å². The number of hydrogen-bond acceptors (Lipinski definition) is 3. The molecule has 0 saturated carbocycles. The van der Waals surface area contributed by atoms with E-state index in [-0.39, 0.29) is 5.56 Å². The molecule has 16 heavy (non-hydrogen) atoms. The normalized spacial score (nSPS) is 10.2. The lowest BCUT2D eigenvalue weighted by atomic mass is 10.1. The van der Waals surface area contributed by atoms with Gasteiger partial charge < -0.3 is 5.32 Å². The Morgan fingerprint density at radius 1 is 1.06 bits per heavy atom. The van der Waals surface area contributed by atoms with Gasteiger partial charge in [-0.25, -0.2) is 8.78 Å². The number of hydrogen-bond donors (Lipinski definition) is 1. The minimum atomic E-state index is -0.647. The zero-order valence-electron chi connectivity index (χ0n) is 8.54. The summed E-state index contributed by atoms with van der Waals surface area (Å²) in [5.74, 6) is -0.668. The summed E-state index contributed by atoms with van der Waals surface area (Å²) in [5, 5.41) is 10.5. The van der Waals surface area contributed by atoms with E-state index in [4.69, 9.17) is 0 Å². The number of anilines is 1. The number of aromatic nitrogens is 2. The van der Waals surface area contributed by atoms with Gasteiger partial charge in [-0.05, 0) is 24.3 Å². The van der Waals surface area contributed by atoms with Crippen molar-refractivity contribution in [2.24, 2.45) is 0 Å². The molecule has 0 aliphatic heterocycles. The average Bonchev–Trinajstić information content (AvgIpc) is 2.29. The predicted molar refractivity (Wildman–Crippen MR) is 56.9 cm³/mol. The van der Waals surface area contributed by atoms with Crippen LogP contribution in [0, 0.1) is 11.6 Å². The molecular weight excluding hydrogens is 212 g/mol. The highest BCUT2D eigenvalue weighted by molar-refractivity contribution is 5.60. The van der Waals surface area contributed by atoms with Crippen molar-refractivity contribution in [2.45, 2.75) is 0 Å². The number of halogens is 2. The van der Waals surface area contributed by atoms with Crippen LogP contribution in [0.3, 0.4) is 0 Å². The van der Waals surface area contributed by atoms with Crippen LogP contribution in [0.25, 0.3) is 11.3 Å². The molecule has 3 nitrogen and oxygen atoms in total. The number of nitrogens with zero attached hydrogens (tertiary/aromatic N) is 2. The maximum atomic E-state index is 13.4. The minimum absolute atomic E-state index is 0.233. The van der Waals surface area contributed by atoms with Crippen LogP contribution in [0.4, 0.5) is 14.6 Å². The maximum absolute atomic E-state index is 13.4. The Labute approximate surface area is 91.1 Å². The standard InChI is InChI=1S/C11H9F2N3/c1-14-11-5-4-10(15-16-11)8-3-2-7(12)6-9(8)13/h2-6H,1H3,(H,14,16). The highest BCUT2D eigenvalue weighted by atomic mass is 19.1. The third-order valence-electron chi connectivity index (χ3n) is 2.13. The van der Waals surface area contributed by atoms with Gasteiger partial charge in [0.1, 0.15) is 17.5 Å². The van der Waals surface area contributed by atoms with E-state index in [1.807, 2.05) is 0 Å². The van der Waals surface area contributed by atoms with Crippen LogP contribution in [-0.4, -0.2) is 17.2 Å². The van der Waals surface area contributed by atoms with Crippen molar-refractivity contribution in [1.29, 1.82) is 0 Å². The Morgan fingerprint density at radius 2 is 1.88 bits per heavy atom. The molecule has 0 saturated heterocycles. The smallest absolute Gasteiger partial charge is 0.148 e. The quantitative estimate of drug-likeness (QED) is 0.846. The molecule has 2 rings (SSSR count). The zero-order chi connectivity index (χ0) is 11.5. The molecule has 1 heterocycles. The first-order chi connectivity index (χ1) is 7.70. The molecule has 1 aromatic carbocycles. The summed E-state index contributed by atoms with van der Waals surface area (Å²) >= 11 is 0. The molecule has 0 aliphatic carbocycles. The second-order valence-electron chi connectivity index (χ2n) is 3.18. The van der Waals surface area contributed by atoms with Crippen LogP contribution >= 0.6 is 0 Å². The van der Waals surface area contributed by atoms with Crippen molar-refractivity contribution < 1.29 is 8.78 Å². The first kappa shape index (κ1) is 10.5. The van der Waals surface area contributed by atoms with Gasteiger partial charge in [0, 0.05) is 18.7 Å². The molecule has 0 atom stereocenters. The van der Waals surface area contributed by atoms with Gasteiger partial charge in [-0.15, -0.1) is 10.2 Å². The second-order valence-corrected chi connectivity index (χ2v) is 3.18. The van der Waals surface area contributed by atoms with Gasteiger partial charge in [-0.1, -0.05) is 0 Å². The molecule has 1 aromatic heterocycles. The van der Waals surface area contributed by atoms with Crippen LogP contribution in [0.5, 0.6) is 0 Å². The van der Waals surface area contributed by atoms with Crippen molar-refractivity contribution in [2.75, 3.05) is 12.4 Å². The molecule has 0 unspecified atom stereocenters. The fraction of sp³-hybridized carbons (Fsp3) is 0.0909. The van der Waals surface area contributed by atoms with Crippen molar-refractivity contribution in [1.82, 2.24) is 10.2 Å². The van der Waals surface area contributed by atoms with Gasteiger partial charge in [-0.2, -0.15) is 0 Å². The summed E-state index contributed by atoms with van der Waals surface area (Å²) in [4.78, 5) is 0. The van der Waals surface area contributed by atoms with Crippen LogP contribution in [0.1, 0.15) is 0 Å². The summed E-state index contributed by atoms with van der Waals surface area (Å²) in [5.41, 5.74) is 0.605. The van der Waals surface area contributed by atoms with E-state index in [1.54, 1.807) is 19.2 Å². The van der Waals surface area contributed by atoms with E-state index in [2.05, 4.69) is 15.5 Å². The number of rotatable bonds is 2. The topological polar surface area (TPSA) is 37.8 Å². The Balaban J connectivity index is 2.42. The van der Waals surface area contributed by atoms with Gasteiger partial charge in [0.25, 0.3) is 0 Å². The molecule has 1 N–H and O–H groups in total. The van der Waals surface area contributed by atoms with Crippen LogP contribution < -0.4 is 5.32 Å². The monoisotopic (exact) mass is 221 g/mol. The highest BCUT2D eigenvalue weighted by Crippen LogP contribution is 2.21. The van der Waals surface area contributed by atoms with E-state index in [9.17, 15) is 8.78 Å². The molecule has 82 valence electrons. The lowest BCUT2D eigenvalue weighted by molar-refractivity contribution is 0.585. The maximum Gasteiger partial charge on any atom is 0.148 e. The van der Waals surface area contributed by atoms with Gasteiger partial charge >= 0.3 is 0 Å². The van der Waals surface area contributed by atoms with E-state index in [0.717, 1.165) is 6.07 Å². The van der Waals surface area contributed by atoms with Crippen molar-refractivity contribution in [3.05, 3.63) is 42.0 Å². The predicted octanol–water partition coefficient (Wildman–Crippen LogP) is 2.46. The molecule has 0 aliphatic rings. The summed E-state index contributed by atoms with van der Waals surface area (Å²) < 4.78 is 26.1. The molecule has 2 aromatic rings. The average molecular weight is 221 g/mol. The molecule has 0 radical (unpaired) electrons. The van der Waals surface area contributed by atoms with Crippen LogP contribution in [0.15, 0.2) is 30.3 Å². The lowest BCUT2D eigenvalue weighted by Gasteiger charge is -2.03. The minimum Gasteiger partial charge on any atom is -0.372 e. The third kappa shape index (κ3) is 1.98. The Morgan fingerprint density at radius 3 is 2.44 bits per heavy atom. The van der Waals surface area contributed by atoms with E-state index >= 15 is 0 Å². The Hall–Kier alpha value is -2.04. The summed E-state index contributed by atoms with van der Waals surface area (Å²) in [6.45, 7) is 0. The first-order valence-electron chi connectivity index (χ1n) is 4.67. The van der Waals surface area contributed by atoms with Gasteiger partial charge in [0.15, 0.2) is 0 Å². The molecule has 0 spiro atoms. The molecule has 0 fully saturated rings. The van der Waals surface area contributed by atoms with Gasteiger partial charge in [0.2, 0.25) is 0 Å². The van der Waals surface area contributed by atoms with E-state index in [0.29, 0.717) is 11.5 Å². The SMILES string of the molecule is CNc1ccc(-c2ccc(F)cc2F)nn1. The Bertz CT molecular complexity index is 497. The van der Waals surface area contributed by atoms with Crippen molar-refractivity contribution in [3.63, 3.8) is 0 Å². The molecule has 0 bridgehead atoms. The summed E-state index contributed by atoms with van der Waals surface area (Å²) in [7, 11) is 1.71. The fourth-order valence-electron chi connectivity index (χ4n) is 1.31. The summed E-state index contributed by atoms with van der Waals surface area (Å²) in [6.07, 6.45) is 0. The molecule has 0 amide bonds.